The summed E-state index contributed by atoms with van der Waals surface area (Å²) < 4.78 is 22.0. The van der Waals surface area contributed by atoms with Crippen LogP contribution in [0.5, 0.6) is 11.5 Å². The summed E-state index contributed by atoms with van der Waals surface area (Å²) in [6.45, 7) is 0.0761. The van der Waals surface area contributed by atoms with Crippen molar-refractivity contribution in [3.05, 3.63) is 58.1 Å². The van der Waals surface area contributed by atoms with Gasteiger partial charge >= 0.3 is 0 Å². The number of methoxy groups -OCH3 is 2. The number of ether oxygens (including phenoxy) is 4. The maximum Gasteiger partial charge on any atom is 0.198 e. The molecular weight excluding hydrogens is 376 g/mol. The van der Waals surface area contributed by atoms with Crippen molar-refractivity contribution in [2.45, 2.75) is 12.2 Å². The topological polar surface area (TPSA) is 57.3 Å². The van der Waals surface area contributed by atoms with Gasteiger partial charge in [-0.1, -0.05) is 28.1 Å². The van der Waals surface area contributed by atoms with E-state index in [0.29, 0.717) is 11.3 Å². The molecule has 1 saturated heterocycles. The molecule has 2 atom stereocenters. The Labute approximate surface area is 148 Å². The van der Waals surface area contributed by atoms with E-state index in [0.717, 1.165) is 15.8 Å². The SMILES string of the molecule is COCOc1ccc(Br)cc1C(=O)[C@@H]1O[C@H]1c1cccc(OC)c1. The lowest BCUT2D eigenvalue weighted by Gasteiger charge is -2.09. The first-order valence-electron chi connectivity index (χ1n) is 7.39. The van der Waals surface area contributed by atoms with Crippen molar-refractivity contribution < 1.29 is 23.7 Å². The summed E-state index contributed by atoms with van der Waals surface area (Å²) in [6.07, 6.45) is -0.779. The van der Waals surface area contributed by atoms with Crippen LogP contribution in [0.2, 0.25) is 0 Å². The third-order valence-corrected chi connectivity index (χ3v) is 4.20. The molecule has 0 bridgehead atoms. The van der Waals surface area contributed by atoms with E-state index >= 15 is 0 Å². The van der Waals surface area contributed by atoms with Crippen LogP contribution in [0.1, 0.15) is 22.0 Å². The number of Topliss-reactive ketones (excluding diaryl/α,β-unsaturated/α-hetero) is 1. The van der Waals surface area contributed by atoms with Crippen molar-refractivity contribution in [3.63, 3.8) is 0 Å². The first-order valence-corrected chi connectivity index (χ1v) is 8.18. The molecule has 2 aromatic rings. The molecule has 5 nitrogen and oxygen atoms in total. The molecule has 2 aromatic carbocycles. The van der Waals surface area contributed by atoms with Crippen LogP contribution in [0.25, 0.3) is 0 Å². The summed E-state index contributed by atoms with van der Waals surface area (Å²) in [6, 6.07) is 12.8. The lowest BCUT2D eigenvalue weighted by atomic mass is 10.0. The third kappa shape index (κ3) is 3.61. The molecule has 1 heterocycles. The number of halogens is 1. The van der Waals surface area contributed by atoms with E-state index in [9.17, 15) is 4.79 Å². The van der Waals surface area contributed by atoms with Crippen LogP contribution in [0, 0.1) is 0 Å². The van der Waals surface area contributed by atoms with Crippen molar-refractivity contribution in [2.75, 3.05) is 21.0 Å². The third-order valence-electron chi connectivity index (χ3n) is 3.71. The molecule has 1 aliphatic heterocycles. The molecule has 0 N–H and O–H groups in total. The van der Waals surface area contributed by atoms with Gasteiger partial charge in [-0.05, 0) is 35.9 Å². The number of rotatable bonds is 7. The predicted molar refractivity (Wildman–Crippen MR) is 91.6 cm³/mol. The lowest BCUT2D eigenvalue weighted by molar-refractivity contribution is 0.0501. The van der Waals surface area contributed by atoms with Crippen LogP contribution in [0.15, 0.2) is 46.9 Å². The average molecular weight is 393 g/mol. The summed E-state index contributed by atoms with van der Waals surface area (Å²) in [7, 11) is 3.14. The Hall–Kier alpha value is -1.89. The van der Waals surface area contributed by atoms with Crippen LogP contribution >= 0.6 is 15.9 Å². The van der Waals surface area contributed by atoms with E-state index in [2.05, 4.69) is 15.9 Å². The molecule has 0 spiro atoms. The van der Waals surface area contributed by atoms with E-state index in [1.54, 1.807) is 19.2 Å². The number of epoxide rings is 1. The zero-order valence-corrected chi connectivity index (χ0v) is 14.9. The number of carbonyl (C=O) groups excluding carboxylic acids is 1. The number of carbonyl (C=O) groups is 1. The Morgan fingerprint density at radius 3 is 2.79 bits per heavy atom. The normalized spacial score (nSPS) is 19.0. The van der Waals surface area contributed by atoms with Gasteiger partial charge in [-0.2, -0.15) is 0 Å². The Kier molecular flexibility index (Phi) is 5.18. The molecule has 0 amide bonds. The first-order chi connectivity index (χ1) is 11.6. The monoisotopic (exact) mass is 392 g/mol. The van der Waals surface area contributed by atoms with Gasteiger partial charge in [0.1, 0.15) is 17.6 Å². The van der Waals surface area contributed by atoms with E-state index < -0.39 is 6.10 Å². The maximum absolute atomic E-state index is 12.8. The van der Waals surface area contributed by atoms with Crippen LogP contribution in [-0.4, -0.2) is 32.9 Å². The highest BCUT2D eigenvalue weighted by Gasteiger charge is 2.47. The van der Waals surface area contributed by atoms with Crippen LogP contribution in [-0.2, 0) is 9.47 Å². The van der Waals surface area contributed by atoms with Crippen molar-refractivity contribution in [3.8, 4) is 11.5 Å². The van der Waals surface area contributed by atoms with Gasteiger partial charge in [0.2, 0.25) is 0 Å². The minimum atomic E-state index is -0.517. The average Bonchev–Trinajstić information content (AvgIpc) is 3.41. The van der Waals surface area contributed by atoms with E-state index in [1.807, 2.05) is 30.3 Å². The zero-order valence-electron chi connectivity index (χ0n) is 13.3. The first kappa shape index (κ1) is 17.0. The summed E-state index contributed by atoms with van der Waals surface area (Å²) in [4.78, 5) is 12.8. The molecule has 24 heavy (non-hydrogen) atoms. The van der Waals surface area contributed by atoms with Gasteiger partial charge in [-0.15, -0.1) is 0 Å². The quantitative estimate of drug-likeness (QED) is 0.407. The van der Waals surface area contributed by atoms with Crippen molar-refractivity contribution in [1.82, 2.24) is 0 Å². The fourth-order valence-corrected chi connectivity index (χ4v) is 2.84. The molecule has 126 valence electrons. The van der Waals surface area contributed by atoms with Gasteiger partial charge in [0.05, 0.1) is 12.7 Å². The molecule has 0 unspecified atom stereocenters. The predicted octanol–water partition coefficient (Wildman–Crippen LogP) is 3.76. The fraction of sp³-hybridized carbons (Fsp3) is 0.278. The molecule has 1 aliphatic rings. The highest BCUT2D eigenvalue weighted by atomic mass is 79.9. The molecule has 1 fully saturated rings. The minimum Gasteiger partial charge on any atom is -0.497 e. The second-order valence-electron chi connectivity index (χ2n) is 5.31. The molecular formula is C18H17BrO5. The highest BCUT2D eigenvalue weighted by Crippen LogP contribution is 2.42. The number of benzene rings is 2. The molecule has 3 rings (SSSR count). The fourth-order valence-electron chi connectivity index (χ4n) is 2.48. The van der Waals surface area contributed by atoms with Crippen molar-refractivity contribution >= 4 is 21.7 Å². The van der Waals surface area contributed by atoms with E-state index in [1.165, 1.54) is 7.11 Å². The summed E-state index contributed by atoms with van der Waals surface area (Å²) in [5, 5.41) is 0. The van der Waals surface area contributed by atoms with E-state index in [4.69, 9.17) is 18.9 Å². The van der Waals surface area contributed by atoms with Gasteiger partial charge in [-0.3, -0.25) is 4.79 Å². The Bertz CT molecular complexity index is 746. The smallest absolute Gasteiger partial charge is 0.198 e. The Morgan fingerprint density at radius 1 is 1.21 bits per heavy atom. The van der Waals surface area contributed by atoms with Crippen LogP contribution in [0.4, 0.5) is 0 Å². The van der Waals surface area contributed by atoms with Gasteiger partial charge in [-0.25, -0.2) is 0 Å². The lowest BCUT2D eigenvalue weighted by Crippen LogP contribution is -2.11. The van der Waals surface area contributed by atoms with Crippen molar-refractivity contribution in [1.29, 1.82) is 0 Å². The van der Waals surface area contributed by atoms with Crippen molar-refractivity contribution in [2.24, 2.45) is 0 Å². The Balaban J connectivity index is 1.79. The van der Waals surface area contributed by atoms with Gasteiger partial charge in [0.15, 0.2) is 18.7 Å². The molecule has 0 radical (unpaired) electrons. The summed E-state index contributed by atoms with van der Waals surface area (Å²) >= 11 is 3.38. The Morgan fingerprint density at radius 2 is 2.04 bits per heavy atom. The standard InChI is InChI=1S/C18H17BrO5/c1-21-10-23-15-7-6-12(19)9-14(15)16(20)18-17(24-18)11-4-3-5-13(8-11)22-2/h3-9,17-18H,10H2,1-2H3/t17-,18-/m0/s1. The van der Waals surface area contributed by atoms with Gasteiger partial charge in [0, 0.05) is 11.6 Å². The second-order valence-corrected chi connectivity index (χ2v) is 6.23. The molecule has 0 saturated carbocycles. The van der Waals surface area contributed by atoms with Crippen LogP contribution < -0.4 is 9.47 Å². The van der Waals surface area contributed by atoms with Gasteiger partial charge < -0.3 is 18.9 Å². The second kappa shape index (κ2) is 7.34. The molecule has 0 aromatic heterocycles. The van der Waals surface area contributed by atoms with Crippen LogP contribution in [0.3, 0.4) is 0 Å². The highest BCUT2D eigenvalue weighted by molar-refractivity contribution is 9.10. The number of hydrogen-bond acceptors (Lipinski definition) is 5. The minimum absolute atomic E-state index is 0.0761. The molecule has 6 heteroatoms. The zero-order chi connectivity index (χ0) is 17.1. The van der Waals surface area contributed by atoms with Gasteiger partial charge in [0.25, 0.3) is 0 Å². The maximum atomic E-state index is 12.8. The largest absolute Gasteiger partial charge is 0.497 e. The molecule has 0 aliphatic carbocycles. The van der Waals surface area contributed by atoms with E-state index in [-0.39, 0.29) is 18.7 Å². The number of hydrogen-bond donors (Lipinski definition) is 0. The summed E-state index contributed by atoms with van der Waals surface area (Å²) in [5.74, 6) is 1.10. The number of ketones is 1. The summed E-state index contributed by atoms with van der Waals surface area (Å²) in [5.41, 5.74) is 1.39.